The third-order valence-electron chi connectivity index (χ3n) is 2.78. The van der Waals surface area contributed by atoms with Crippen LogP contribution in [0.15, 0.2) is 0 Å². The normalized spacial score (nSPS) is 37.5. The number of carbonyl (C=O) groups excluding carboxylic acids is 1. The van der Waals surface area contributed by atoms with E-state index >= 15 is 0 Å². The van der Waals surface area contributed by atoms with Gasteiger partial charge in [-0.05, 0) is 11.8 Å². The van der Waals surface area contributed by atoms with Gasteiger partial charge in [0.1, 0.15) is 0 Å². The van der Waals surface area contributed by atoms with Crippen molar-refractivity contribution in [3.63, 3.8) is 0 Å². The Balaban J connectivity index is 3.00. The third-order valence-corrected chi connectivity index (χ3v) is 4.47. The van der Waals surface area contributed by atoms with Crippen LogP contribution >= 0.6 is 15.9 Å². The Morgan fingerprint density at radius 2 is 1.77 bits per heavy atom. The fraction of sp³-hybridized carbons (Fsp3) is 0.900. The predicted octanol–water partition coefficient (Wildman–Crippen LogP) is 3.11. The molecule has 0 aromatic heterocycles. The van der Waals surface area contributed by atoms with E-state index in [4.69, 9.17) is 0 Å². The van der Waals surface area contributed by atoms with E-state index in [0.29, 0.717) is 0 Å². The fourth-order valence-electron chi connectivity index (χ4n) is 2.25. The van der Waals surface area contributed by atoms with E-state index < -0.39 is 11.6 Å². The second-order valence-corrected chi connectivity index (χ2v) is 6.20. The highest BCUT2D eigenvalue weighted by Gasteiger charge is 2.51. The molecule has 1 nitrogen and oxygen atoms in total. The van der Waals surface area contributed by atoms with Crippen LogP contribution in [0, 0.1) is 10.8 Å². The van der Waals surface area contributed by atoms with Gasteiger partial charge >= 0.3 is 0 Å². The number of rotatable bonds is 0. The van der Waals surface area contributed by atoms with Gasteiger partial charge in [0, 0.05) is 5.41 Å². The summed E-state index contributed by atoms with van der Waals surface area (Å²) in [6.07, 6.45) is -0.604. The number of hydrogen-bond donors (Lipinski definition) is 0. The lowest BCUT2D eigenvalue weighted by molar-refractivity contribution is -0.134. The Morgan fingerprint density at radius 1 is 1.31 bits per heavy atom. The average molecular weight is 251 g/mol. The Hall–Kier alpha value is 0.0800. The van der Waals surface area contributed by atoms with Crippen molar-refractivity contribution in [3.05, 3.63) is 0 Å². The van der Waals surface area contributed by atoms with Crippen LogP contribution in [-0.2, 0) is 4.79 Å². The molecule has 13 heavy (non-hydrogen) atoms. The van der Waals surface area contributed by atoms with Gasteiger partial charge in [0.05, 0.1) is 4.83 Å². The minimum Gasteiger partial charge on any atom is -0.295 e. The maximum atomic E-state index is 13.6. The monoisotopic (exact) mass is 250 g/mol. The molecule has 0 aromatic rings. The lowest BCUT2D eigenvalue weighted by Gasteiger charge is -2.44. The maximum absolute atomic E-state index is 13.6. The molecule has 2 atom stereocenters. The largest absolute Gasteiger partial charge is 0.295 e. The van der Waals surface area contributed by atoms with Gasteiger partial charge in [0.15, 0.2) is 12.0 Å². The number of Topliss-reactive ketones (excluding diaryl/α,β-unsaturated/α-hetero) is 1. The standard InChI is InChI=1S/C10H16BrFO/c1-9(2)5-10(3,4)8(12)6(13)7(9)11/h7-8H,5H2,1-4H3/t7-,8-/m1/s1. The molecule has 0 aromatic carbocycles. The second kappa shape index (κ2) is 3.04. The first-order chi connectivity index (χ1) is 5.68. The summed E-state index contributed by atoms with van der Waals surface area (Å²) in [6.45, 7) is 7.63. The summed E-state index contributed by atoms with van der Waals surface area (Å²) in [5, 5.41) is 0. The molecule has 0 unspecified atom stereocenters. The van der Waals surface area contributed by atoms with E-state index in [1.165, 1.54) is 0 Å². The van der Waals surface area contributed by atoms with Crippen molar-refractivity contribution in [1.82, 2.24) is 0 Å². The summed E-state index contributed by atoms with van der Waals surface area (Å²) >= 11 is 3.28. The number of carbonyl (C=O) groups is 1. The molecule has 0 spiro atoms. The van der Waals surface area contributed by atoms with Gasteiger partial charge in [0.2, 0.25) is 0 Å². The first-order valence-corrected chi connectivity index (χ1v) is 5.42. The molecule has 3 heteroatoms. The summed E-state index contributed by atoms with van der Waals surface area (Å²) in [5.74, 6) is -0.304. The molecular weight excluding hydrogens is 235 g/mol. The smallest absolute Gasteiger partial charge is 0.181 e. The molecule has 0 radical (unpaired) electrons. The van der Waals surface area contributed by atoms with Crippen molar-refractivity contribution in [2.75, 3.05) is 0 Å². The summed E-state index contributed by atoms with van der Waals surface area (Å²) in [4.78, 5) is 11.2. The second-order valence-electron chi connectivity index (χ2n) is 5.28. The number of ketones is 1. The van der Waals surface area contributed by atoms with E-state index in [0.717, 1.165) is 6.42 Å². The van der Waals surface area contributed by atoms with Crippen molar-refractivity contribution in [2.24, 2.45) is 10.8 Å². The first kappa shape index (κ1) is 11.2. The minimum atomic E-state index is -1.33. The van der Waals surface area contributed by atoms with Crippen LogP contribution in [0.25, 0.3) is 0 Å². The zero-order valence-electron chi connectivity index (χ0n) is 8.53. The molecule has 0 saturated heterocycles. The lowest BCUT2D eigenvalue weighted by Crippen LogP contribution is -2.51. The molecule has 1 rings (SSSR count). The van der Waals surface area contributed by atoms with Crippen molar-refractivity contribution in [1.29, 1.82) is 0 Å². The SMILES string of the molecule is CC1(C)CC(C)(C)[C@H](Br)C(=O)[C@H]1F. The topological polar surface area (TPSA) is 17.1 Å². The molecule has 0 bridgehead atoms. The van der Waals surface area contributed by atoms with Crippen molar-refractivity contribution in [2.45, 2.75) is 45.1 Å². The van der Waals surface area contributed by atoms with Crippen molar-refractivity contribution in [3.8, 4) is 0 Å². The van der Waals surface area contributed by atoms with Crippen LogP contribution in [0.3, 0.4) is 0 Å². The summed E-state index contributed by atoms with van der Waals surface area (Å²) in [5.41, 5.74) is -0.673. The van der Waals surface area contributed by atoms with Crippen LogP contribution < -0.4 is 0 Å². The van der Waals surface area contributed by atoms with Crippen LogP contribution in [-0.4, -0.2) is 16.8 Å². The van der Waals surface area contributed by atoms with Gasteiger partial charge in [-0.2, -0.15) is 0 Å². The zero-order valence-corrected chi connectivity index (χ0v) is 10.1. The van der Waals surface area contributed by atoms with Gasteiger partial charge < -0.3 is 0 Å². The van der Waals surface area contributed by atoms with E-state index in [1.807, 2.05) is 27.7 Å². The molecule has 0 N–H and O–H groups in total. The predicted molar refractivity (Wildman–Crippen MR) is 54.8 cm³/mol. The first-order valence-electron chi connectivity index (χ1n) is 4.50. The van der Waals surface area contributed by atoms with E-state index in [2.05, 4.69) is 15.9 Å². The van der Waals surface area contributed by atoms with E-state index in [1.54, 1.807) is 0 Å². The lowest BCUT2D eigenvalue weighted by atomic mass is 9.64. The minimum absolute atomic E-state index is 0.150. The van der Waals surface area contributed by atoms with Gasteiger partial charge in [-0.25, -0.2) is 4.39 Å². The van der Waals surface area contributed by atoms with Gasteiger partial charge in [-0.1, -0.05) is 43.6 Å². The number of alkyl halides is 2. The van der Waals surface area contributed by atoms with Crippen LogP contribution in [0.1, 0.15) is 34.1 Å². The molecule has 1 aliphatic rings. The highest BCUT2D eigenvalue weighted by Crippen LogP contribution is 2.48. The molecule has 0 heterocycles. The number of hydrogen-bond acceptors (Lipinski definition) is 1. The van der Waals surface area contributed by atoms with Crippen molar-refractivity contribution < 1.29 is 9.18 Å². The average Bonchev–Trinajstić information content (AvgIpc) is 1.96. The Kier molecular flexibility index (Phi) is 2.61. The highest BCUT2D eigenvalue weighted by atomic mass is 79.9. The molecule has 1 fully saturated rings. The molecule has 76 valence electrons. The van der Waals surface area contributed by atoms with Crippen LogP contribution in [0.4, 0.5) is 4.39 Å². The Morgan fingerprint density at radius 3 is 2.23 bits per heavy atom. The van der Waals surface area contributed by atoms with Crippen molar-refractivity contribution >= 4 is 21.7 Å². The quantitative estimate of drug-likeness (QED) is 0.604. The molecular formula is C10H16BrFO. The maximum Gasteiger partial charge on any atom is 0.181 e. The molecule has 0 amide bonds. The molecule has 0 aliphatic heterocycles. The summed E-state index contributed by atoms with van der Waals surface area (Å²) in [6, 6.07) is 0. The van der Waals surface area contributed by atoms with E-state index in [9.17, 15) is 9.18 Å². The van der Waals surface area contributed by atoms with Gasteiger partial charge in [-0.15, -0.1) is 0 Å². The fourth-order valence-corrected chi connectivity index (χ4v) is 2.65. The van der Waals surface area contributed by atoms with Gasteiger partial charge in [0.25, 0.3) is 0 Å². The van der Waals surface area contributed by atoms with Gasteiger partial charge in [-0.3, -0.25) is 4.79 Å². The molecule has 1 aliphatic carbocycles. The highest BCUT2D eigenvalue weighted by molar-refractivity contribution is 9.10. The van der Waals surface area contributed by atoms with Crippen LogP contribution in [0.5, 0.6) is 0 Å². The molecule has 1 saturated carbocycles. The number of halogens is 2. The van der Waals surface area contributed by atoms with Crippen LogP contribution in [0.2, 0.25) is 0 Å². The third kappa shape index (κ3) is 1.80. The van der Waals surface area contributed by atoms with E-state index in [-0.39, 0.29) is 16.0 Å². The summed E-state index contributed by atoms with van der Waals surface area (Å²) in [7, 11) is 0. The Bertz CT molecular complexity index is 213. The zero-order chi connectivity index (χ0) is 10.4. The Labute approximate surface area is 87.2 Å². The summed E-state index contributed by atoms with van der Waals surface area (Å²) < 4.78 is 13.6.